The van der Waals surface area contributed by atoms with Crippen molar-refractivity contribution in [1.82, 2.24) is 14.6 Å². The minimum Gasteiger partial charge on any atom is -0.476 e. The van der Waals surface area contributed by atoms with Crippen LogP contribution in [0.5, 0.6) is 0 Å². The van der Waals surface area contributed by atoms with Gasteiger partial charge in [0.05, 0.1) is 17.0 Å². The molecule has 29 heavy (non-hydrogen) atoms. The van der Waals surface area contributed by atoms with Crippen molar-refractivity contribution in [1.29, 1.82) is 0 Å². The highest BCUT2D eigenvalue weighted by molar-refractivity contribution is 6.30. The van der Waals surface area contributed by atoms with Gasteiger partial charge in [-0.15, -0.1) is 0 Å². The second-order valence-electron chi connectivity index (χ2n) is 6.22. The van der Waals surface area contributed by atoms with Crippen LogP contribution in [0.25, 0.3) is 28.2 Å². The highest BCUT2D eigenvalue weighted by Gasteiger charge is 2.30. The predicted octanol–water partition coefficient (Wildman–Crippen LogP) is 5.43. The van der Waals surface area contributed by atoms with Crippen molar-refractivity contribution in [3.05, 3.63) is 76.9 Å². The van der Waals surface area contributed by atoms with E-state index in [-0.39, 0.29) is 11.3 Å². The molecule has 4 rings (SSSR count). The SMILES string of the molecule is O=C(O)c1cc2nc(-c3ccc(C(F)(F)F)cc3)cc(-c3cccc(Cl)c3)n2n1. The molecule has 0 radical (unpaired) electrons. The van der Waals surface area contributed by atoms with Gasteiger partial charge >= 0.3 is 12.1 Å². The second kappa shape index (κ2) is 6.89. The van der Waals surface area contributed by atoms with Crippen LogP contribution in [0, 0.1) is 0 Å². The maximum atomic E-state index is 12.8. The topological polar surface area (TPSA) is 67.5 Å². The number of halogens is 4. The summed E-state index contributed by atoms with van der Waals surface area (Å²) in [5.74, 6) is -1.22. The fourth-order valence-electron chi connectivity index (χ4n) is 2.91. The van der Waals surface area contributed by atoms with Crippen molar-refractivity contribution in [3.63, 3.8) is 0 Å². The van der Waals surface area contributed by atoms with Crippen LogP contribution >= 0.6 is 11.6 Å². The lowest BCUT2D eigenvalue weighted by Crippen LogP contribution is -2.04. The minimum atomic E-state index is -4.44. The van der Waals surface area contributed by atoms with E-state index in [1.807, 2.05) is 0 Å². The van der Waals surface area contributed by atoms with Gasteiger partial charge in [-0.1, -0.05) is 35.9 Å². The van der Waals surface area contributed by atoms with Crippen LogP contribution < -0.4 is 0 Å². The van der Waals surface area contributed by atoms with Crippen molar-refractivity contribution in [2.24, 2.45) is 0 Å². The van der Waals surface area contributed by atoms with Crippen molar-refractivity contribution in [3.8, 4) is 22.5 Å². The minimum absolute atomic E-state index is 0.203. The molecule has 0 atom stereocenters. The lowest BCUT2D eigenvalue weighted by molar-refractivity contribution is -0.137. The van der Waals surface area contributed by atoms with E-state index in [1.54, 1.807) is 30.3 Å². The molecule has 0 aliphatic carbocycles. The Bertz CT molecular complexity index is 1230. The number of carboxylic acid groups (broad SMARTS) is 1. The third-order valence-electron chi connectivity index (χ3n) is 4.27. The van der Waals surface area contributed by atoms with Crippen molar-refractivity contribution >= 4 is 23.2 Å². The number of carboxylic acids is 1. The van der Waals surface area contributed by atoms with Crippen molar-refractivity contribution in [2.75, 3.05) is 0 Å². The molecule has 0 spiro atoms. The molecular formula is C20H11ClF3N3O2. The average molecular weight is 418 g/mol. The number of alkyl halides is 3. The molecule has 9 heteroatoms. The average Bonchev–Trinajstić information content (AvgIpc) is 3.11. The maximum Gasteiger partial charge on any atom is 0.416 e. The summed E-state index contributed by atoms with van der Waals surface area (Å²) in [6, 6.07) is 14.3. The number of carbonyl (C=O) groups is 1. The fourth-order valence-corrected chi connectivity index (χ4v) is 3.10. The first kappa shape index (κ1) is 18.9. The van der Waals surface area contributed by atoms with Gasteiger partial charge in [-0.3, -0.25) is 0 Å². The van der Waals surface area contributed by atoms with E-state index in [4.69, 9.17) is 11.6 Å². The normalized spacial score (nSPS) is 11.7. The van der Waals surface area contributed by atoms with Gasteiger partial charge in [0.25, 0.3) is 0 Å². The Morgan fingerprint density at radius 1 is 1.00 bits per heavy atom. The van der Waals surface area contributed by atoms with Gasteiger partial charge in [0, 0.05) is 22.2 Å². The molecular weight excluding hydrogens is 407 g/mol. The van der Waals surface area contributed by atoms with Gasteiger partial charge in [0.1, 0.15) is 0 Å². The molecule has 4 aromatic rings. The van der Waals surface area contributed by atoms with Crippen molar-refractivity contribution in [2.45, 2.75) is 6.18 Å². The standard InChI is InChI=1S/C20H11ClF3N3O2/c21-14-3-1-2-12(8-14)17-9-15(11-4-6-13(7-5-11)20(22,23)24)25-18-10-16(19(28)29)26-27(17)18/h1-10H,(H,28,29). The third-order valence-corrected chi connectivity index (χ3v) is 4.51. The summed E-state index contributed by atoms with van der Waals surface area (Å²) < 4.78 is 39.9. The monoisotopic (exact) mass is 417 g/mol. The smallest absolute Gasteiger partial charge is 0.416 e. The molecule has 0 bridgehead atoms. The lowest BCUT2D eigenvalue weighted by Gasteiger charge is -2.10. The maximum absolute atomic E-state index is 12.8. The van der Waals surface area contributed by atoms with Crippen LogP contribution in [0.3, 0.4) is 0 Å². The number of hydrogen-bond donors (Lipinski definition) is 1. The Morgan fingerprint density at radius 2 is 1.72 bits per heavy atom. The van der Waals surface area contributed by atoms with Gasteiger partial charge in [-0.2, -0.15) is 18.3 Å². The second-order valence-corrected chi connectivity index (χ2v) is 6.65. The largest absolute Gasteiger partial charge is 0.476 e. The Labute approximate surface area is 167 Å². The van der Waals surface area contributed by atoms with E-state index < -0.39 is 17.7 Å². The lowest BCUT2D eigenvalue weighted by atomic mass is 10.1. The van der Waals surface area contributed by atoms with E-state index in [1.165, 1.54) is 22.7 Å². The molecule has 146 valence electrons. The first-order chi connectivity index (χ1) is 13.7. The molecule has 0 saturated carbocycles. The Kier molecular flexibility index (Phi) is 4.50. The summed E-state index contributed by atoms with van der Waals surface area (Å²) in [6.07, 6.45) is -4.44. The van der Waals surface area contributed by atoms with Crippen LogP contribution in [0.4, 0.5) is 13.2 Å². The van der Waals surface area contributed by atoms with E-state index in [0.29, 0.717) is 27.5 Å². The summed E-state index contributed by atoms with van der Waals surface area (Å²) >= 11 is 6.07. The Hall–Kier alpha value is -3.39. The van der Waals surface area contributed by atoms with E-state index >= 15 is 0 Å². The summed E-state index contributed by atoms with van der Waals surface area (Å²) in [4.78, 5) is 15.7. The number of fused-ring (bicyclic) bond motifs is 1. The van der Waals surface area contributed by atoms with E-state index in [9.17, 15) is 23.1 Å². The van der Waals surface area contributed by atoms with Crippen LogP contribution in [-0.4, -0.2) is 25.7 Å². The number of hydrogen-bond acceptors (Lipinski definition) is 3. The summed E-state index contributed by atoms with van der Waals surface area (Å²) in [5, 5.41) is 13.8. The highest BCUT2D eigenvalue weighted by Crippen LogP contribution is 2.32. The first-order valence-corrected chi connectivity index (χ1v) is 8.68. The fraction of sp³-hybridized carbons (Fsp3) is 0.0500. The summed E-state index contributed by atoms with van der Waals surface area (Å²) in [6.45, 7) is 0. The molecule has 2 aromatic carbocycles. The number of nitrogens with zero attached hydrogens (tertiary/aromatic N) is 3. The molecule has 0 fully saturated rings. The molecule has 2 heterocycles. The molecule has 5 nitrogen and oxygen atoms in total. The predicted molar refractivity (Wildman–Crippen MR) is 101 cm³/mol. The van der Waals surface area contributed by atoms with E-state index in [2.05, 4.69) is 10.1 Å². The van der Waals surface area contributed by atoms with Gasteiger partial charge in [-0.05, 0) is 30.3 Å². The van der Waals surface area contributed by atoms with Gasteiger partial charge in [0.15, 0.2) is 11.3 Å². The zero-order valence-corrected chi connectivity index (χ0v) is 15.2. The van der Waals surface area contributed by atoms with Gasteiger partial charge < -0.3 is 5.11 Å². The number of aromatic carboxylic acids is 1. The van der Waals surface area contributed by atoms with Crippen LogP contribution in [-0.2, 0) is 6.18 Å². The zero-order valence-electron chi connectivity index (χ0n) is 14.5. The molecule has 0 unspecified atom stereocenters. The molecule has 0 aliphatic rings. The third kappa shape index (κ3) is 3.66. The molecule has 0 amide bonds. The zero-order chi connectivity index (χ0) is 20.8. The highest BCUT2D eigenvalue weighted by atomic mass is 35.5. The quantitative estimate of drug-likeness (QED) is 0.482. The number of benzene rings is 2. The van der Waals surface area contributed by atoms with Crippen LogP contribution in [0.2, 0.25) is 5.02 Å². The molecule has 1 N–H and O–H groups in total. The molecule has 0 saturated heterocycles. The summed E-state index contributed by atoms with van der Waals surface area (Å²) in [5.41, 5.74) is 1.24. The van der Waals surface area contributed by atoms with Gasteiger partial charge in [-0.25, -0.2) is 14.3 Å². The van der Waals surface area contributed by atoms with E-state index in [0.717, 1.165) is 12.1 Å². The molecule has 2 aromatic heterocycles. The van der Waals surface area contributed by atoms with Crippen LogP contribution in [0.1, 0.15) is 16.1 Å². The Balaban J connectivity index is 1.92. The van der Waals surface area contributed by atoms with Crippen molar-refractivity contribution < 1.29 is 23.1 Å². The summed E-state index contributed by atoms with van der Waals surface area (Å²) in [7, 11) is 0. The first-order valence-electron chi connectivity index (χ1n) is 8.30. The van der Waals surface area contributed by atoms with Crippen LogP contribution in [0.15, 0.2) is 60.7 Å². The number of rotatable bonds is 3. The van der Waals surface area contributed by atoms with Gasteiger partial charge in [0.2, 0.25) is 0 Å². The molecule has 0 aliphatic heterocycles. The number of aromatic nitrogens is 3. The Morgan fingerprint density at radius 3 is 2.34 bits per heavy atom.